The largest absolute Gasteiger partial charge is 0.480 e. The normalized spacial score (nSPS) is 22.2. The Morgan fingerprint density at radius 2 is 1.86 bits per heavy atom. The van der Waals surface area contributed by atoms with Gasteiger partial charge in [-0.2, -0.15) is 0 Å². The average molecular weight is 334 g/mol. The number of carboxylic acid groups (broad SMARTS) is 2. The zero-order valence-electron chi connectivity index (χ0n) is 10.6. The summed E-state index contributed by atoms with van der Waals surface area (Å²) in [6, 6.07) is 4.42. The number of hydrogen-bond donors (Lipinski definition) is 2. The van der Waals surface area contributed by atoms with E-state index in [1.807, 2.05) is 0 Å². The first-order valence-corrected chi connectivity index (χ1v) is 7.88. The Hall–Kier alpha value is -1.80. The number of nitrogens with zero attached hydrogens (tertiary/aromatic N) is 1. The molecule has 0 aliphatic carbocycles. The van der Waals surface area contributed by atoms with Crippen LogP contribution in [0.25, 0.3) is 0 Å². The Balaban J connectivity index is 2.37. The second kappa shape index (κ2) is 5.53. The maximum atomic E-state index is 12.5. The lowest BCUT2D eigenvalue weighted by Crippen LogP contribution is -2.39. The second-order valence-corrected chi connectivity index (χ2v) is 7.23. The number of sulfone groups is 1. The van der Waals surface area contributed by atoms with Gasteiger partial charge >= 0.3 is 12.1 Å². The molecule has 0 aromatic heterocycles. The van der Waals surface area contributed by atoms with Crippen molar-refractivity contribution in [3.8, 4) is 0 Å². The minimum absolute atomic E-state index is 0.0261. The number of amides is 1. The molecular formula is C12H12ClNO6S. The smallest absolute Gasteiger partial charge is 0.408 e. The number of benzene rings is 1. The van der Waals surface area contributed by atoms with Crippen LogP contribution in [0, 0.1) is 0 Å². The van der Waals surface area contributed by atoms with Crippen molar-refractivity contribution >= 4 is 33.5 Å². The molecule has 1 fully saturated rings. The first kappa shape index (κ1) is 15.6. The Bertz CT molecular complexity index is 667. The molecule has 2 N–H and O–H groups in total. The van der Waals surface area contributed by atoms with Crippen LogP contribution in [0.3, 0.4) is 0 Å². The molecule has 1 aromatic carbocycles. The van der Waals surface area contributed by atoms with Crippen molar-refractivity contribution in [1.29, 1.82) is 0 Å². The summed E-state index contributed by atoms with van der Waals surface area (Å²) in [6.07, 6.45) is -1.76. The predicted molar refractivity (Wildman–Crippen MR) is 73.2 cm³/mol. The number of aliphatic carboxylic acids is 1. The molecule has 0 spiro atoms. The van der Waals surface area contributed by atoms with Gasteiger partial charge in [0.05, 0.1) is 15.2 Å². The molecule has 2 rings (SSSR count). The van der Waals surface area contributed by atoms with E-state index in [0.717, 1.165) is 0 Å². The van der Waals surface area contributed by atoms with Crippen LogP contribution in [0.1, 0.15) is 6.42 Å². The van der Waals surface area contributed by atoms with Gasteiger partial charge in [-0.1, -0.05) is 23.7 Å². The van der Waals surface area contributed by atoms with Gasteiger partial charge in [0.1, 0.15) is 6.04 Å². The first-order valence-electron chi connectivity index (χ1n) is 5.96. The van der Waals surface area contributed by atoms with E-state index in [9.17, 15) is 18.0 Å². The summed E-state index contributed by atoms with van der Waals surface area (Å²) in [5.41, 5.74) is 0. The van der Waals surface area contributed by atoms with Crippen molar-refractivity contribution in [3.63, 3.8) is 0 Å². The summed E-state index contributed by atoms with van der Waals surface area (Å²) in [5, 5.41) is 16.9. The summed E-state index contributed by atoms with van der Waals surface area (Å²) >= 11 is 5.86. The van der Waals surface area contributed by atoms with E-state index in [4.69, 9.17) is 21.8 Å². The molecule has 9 heteroatoms. The van der Waals surface area contributed by atoms with Gasteiger partial charge < -0.3 is 10.2 Å². The lowest BCUT2D eigenvalue weighted by molar-refractivity contribution is -0.141. The first-order chi connectivity index (χ1) is 9.75. The van der Waals surface area contributed by atoms with Gasteiger partial charge in [0.15, 0.2) is 9.84 Å². The molecule has 1 aliphatic rings. The minimum Gasteiger partial charge on any atom is -0.480 e. The van der Waals surface area contributed by atoms with E-state index in [0.29, 0.717) is 4.90 Å². The molecule has 1 aliphatic heterocycles. The molecule has 1 amide bonds. The SMILES string of the molecule is O=C(O)[C@H]1C[C@H](S(=O)(=O)c2ccccc2Cl)CN1C(=O)O. The molecular weight excluding hydrogens is 322 g/mol. The third kappa shape index (κ3) is 2.81. The Morgan fingerprint density at radius 3 is 2.33 bits per heavy atom. The fourth-order valence-electron chi connectivity index (χ4n) is 2.32. The van der Waals surface area contributed by atoms with Crippen molar-refractivity contribution in [2.24, 2.45) is 0 Å². The number of rotatable bonds is 3. The van der Waals surface area contributed by atoms with E-state index >= 15 is 0 Å². The van der Waals surface area contributed by atoms with E-state index < -0.39 is 33.2 Å². The highest BCUT2D eigenvalue weighted by atomic mass is 35.5. The van der Waals surface area contributed by atoms with Crippen LogP contribution in [0.2, 0.25) is 5.02 Å². The van der Waals surface area contributed by atoms with Crippen molar-refractivity contribution in [1.82, 2.24) is 4.90 Å². The second-order valence-electron chi connectivity index (χ2n) is 4.62. The molecule has 1 heterocycles. The third-order valence-corrected chi connectivity index (χ3v) is 6.01. The van der Waals surface area contributed by atoms with E-state index in [2.05, 4.69) is 0 Å². The van der Waals surface area contributed by atoms with Crippen molar-refractivity contribution in [3.05, 3.63) is 29.3 Å². The van der Waals surface area contributed by atoms with Gasteiger partial charge in [-0.15, -0.1) is 0 Å². The molecule has 0 saturated carbocycles. The zero-order chi connectivity index (χ0) is 15.8. The maximum Gasteiger partial charge on any atom is 0.408 e. The van der Waals surface area contributed by atoms with Crippen LogP contribution in [0.5, 0.6) is 0 Å². The molecule has 1 aromatic rings. The fraction of sp³-hybridized carbons (Fsp3) is 0.333. The maximum absolute atomic E-state index is 12.5. The highest BCUT2D eigenvalue weighted by Gasteiger charge is 2.45. The summed E-state index contributed by atoms with van der Waals surface area (Å²) in [5.74, 6) is -1.37. The molecule has 2 atom stereocenters. The van der Waals surface area contributed by atoms with Crippen LogP contribution in [-0.2, 0) is 14.6 Å². The summed E-state index contributed by atoms with van der Waals surface area (Å²) in [7, 11) is -3.90. The lowest BCUT2D eigenvalue weighted by Gasteiger charge is -2.16. The van der Waals surface area contributed by atoms with Crippen molar-refractivity contribution in [2.75, 3.05) is 6.54 Å². The highest BCUT2D eigenvalue weighted by molar-refractivity contribution is 7.92. The average Bonchev–Trinajstić information content (AvgIpc) is 2.85. The topological polar surface area (TPSA) is 112 Å². The quantitative estimate of drug-likeness (QED) is 0.862. The number of likely N-dealkylation sites (tertiary alicyclic amines) is 1. The molecule has 0 bridgehead atoms. The molecule has 1 saturated heterocycles. The van der Waals surface area contributed by atoms with Crippen LogP contribution >= 0.6 is 11.6 Å². The summed E-state index contributed by atoms with van der Waals surface area (Å²) in [4.78, 5) is 22.6. The lowest BCUT2D eigenvalue weighted by atomic mass is 10.2. The number of carbonyl (C=O) groups is 2. The Labute approximate surface area is 125 Å². The highest BCUT2D eigenvalue weighted by Crippen LogP contribution is 2.31. The standard InChI is InChI=1S/C12H12ClNO6S/c13-8-3-1-2-4-10(8)21(19,20)7-5-9(11(15)16)14(6-7)12(17)18/h1-4,7,9H,5-6H2,(H,15,16)(H,17,18)/t7-,9+/m0/s1. The third-order valence-electron chi connectivity index (χ3n) is 3.38. The molecule has 21 heavy (non-hydrogen) atoms. The van der Waals surface area contributed by atoms with Gasteiger partial charge in [-0.05, 0) is 18.6 Å². The van der Waals surface area contributed by atoms with E-state index in [1.165, 1.54) is 18.2 Å². The van der Waals surface area contributed by atoms with Crippen LogP contribution < -0.4 is 0 Å². The molecule has 114 valence electrons. The van der Waals surface area contributed by atoms with Gasteiger partial charge in [-0.25, -0.2) is 18.0 Å². The Kier molecular flexibility index (Phi) is 4.11. The number of carboxylic acids is 1. The van der Waals surface area contributed by atoms with Crippen molar-refractivity contribution in [2.45, 2.75) is 22.6 Å². The minimum atomic E-state index is -3.90. The van der Waals surface area contributed by atoms with Crippen LogP contribution in [0.4, 0.5) is 4.79 Å². The number of halogens is 1. The van der Waals surface area contributed by atoms with Gasteiger partial charge in [-0.3, -0.25) is 4.90 Å². The summed E-state index contributed by atoms with van der Waals surface area (Å²) in [6.45, 7) is -0.389. The van der Waals surface area contributed by atoms with E-state index in [-0.39, 0.29) is 22.9 Å². The van der Waals surface area contributed by atoms with Crippen molar-refractivity contribution < 1.29 is 28.2 Å². The van der Waals surface area contributed by atoms with Gasteiger partial charge in [0.25, 0.3) is 0 Å². The van der Waals surface area contributed by atoms with Gasteiger partial charge in [0, 0.05) is 6.54 Å². The monoisotopic (exact) mass is 333 g/mol. The molecule has 0 radical (unpaired) electrons. The number of hydrogen-bond acceptors (Lipinski definition) is 4. The molecule has 0 unspecified atom stereocenters. The fourth-order valence-corrected chi connectivity index (χ4v) is 4.54. The Morgan fingerprint density at radius 1 is 1.24 bits per heavy atom. The summed E-state index contributed by atoms with van der Waals surface area (Å²) < 4.78 is 25.0. The zero-order valence-corrected chi connectivity index (χ0v) is 12.2. The van der Waals surface area contributed by atoms with Crippen LogP contribution in [-0.4, -0.2) is 53.4 Å². The van der Waals surface area contributed by atoms with E-state index in [1.54, 1.807) is 6.07 Å². The van der Waals surface area contributed by atoms with Gasteiger partial charge in [0.2, 0.25) is 0 Å². The van der Waals surface area contributed by atoms with Crippen LogP contribution in [0.15, 0.2) is 29.2 Å². The molecule has 7 nitrogen and oxygen atoms in total. The predicted octanol–water partition coefficient (Wildman–Crippen LogP) is 1.32.